The van der Waals surface area contributed by atoms with Crippen LogP contribution < -0.4 is 10.5 Å². The Morgan fingerprint density at radius 3 is 2.43 bits per heavy atom. The maximum absolute atomic E-state index is 12.6. The maximum Gasteiger partial charge on any atom is 0.433 e. The lowest BCUT2D eigenvalue weighted by molar-refractivity contribution is -0.141. The summed E-state index contributed by atoms with van der Waals surface area (Å²) in [6.45, 7) is 3.74. The molecule has 0 aliphatic rings. The van der Waals surface area contributed by atoms with Gasteiger partial charge in [-0.1, -0.05) is 0 Å². The van der Waals surface area contributed by atoms with Crippen molar-refractivity contribution in [2.45, 2.75) is 32.0 Å². The third-order valence-corrected chi connectivity index (χ3v) is 2.94. The van der Waals surface area contributed by atoms with Gasteiger partial charge in [-0.3, -0.25) is 5.41 Å². The number of nitrogens with two attached hydrogens (primary N) is 1. The number of nitrogens with one attached hydrogen (secondary N) is 1. The second-order valence-corrected chi connectivity index (χ2v) is 5.02. The Bertz CT molecular complexity index is 516. The highest BCUT2D eigenvalue weighted by molar-refractivity contribution is 5.97. The smallest absolute Gasteiger partial charge is 0.433 e. The summed E-state index contributed by atoms with van der Waals surface area (Å²) < 4.78 is 48.4. The zero-order chi connectivity index (χ0) is 16.3. The average Bonchev–Trinajstić information content (AvgIpc) is 2.37. The monoisotopic (exact) mass is 305 g/mol. The second-order valence-electron chi connectivity index (χ2n) is 5.02. The molecule has 3 N–H and O–H groups in total. The molecule has 1 heterocycles. The predicted octanol–water partition coefficient (Wildman–Crippen LogP) is 2.58. The zero-order valence-corrected chi connectivity index (χ0v) is 12.0. The Labute approximate surface area is 120 Å². The van der Waals surface area contributed by atoms with Gasteiger partial charge in [0.2, 0.25) is 5.88 Å². The molecule has 0 aliphatic carbocycles. The van der Waals surface area contributed by atoms with Crippen LogP contribution in [0, 0.1) is 5.41 Å². The van der Waals surface area contributed by atoms with E-state index in [4.69, 9.17) is 20.6 Å². The van der Waals surface area contributed by atoms with Crippen molar-refractivity contribution in [3.63, 3.8) is 0 Å². The molecule has 0 unspecified atom stereocenters. The molecule has 1 aromatic rings. The predicted molar refractivity (Wildman–Crippen MR) is 71.5 cm³/mol. The van der Waals surface area contributed by atoms with E-state index in [-0.39, 0.29) is 18.1 Å². The molecule has 0 amide bonds. The van der Waals surface area contributed by atoms with Crippen LogP contribution in [0.5, 0.6) is 5.88 Å². The standard InChI is InChI=1S/C13H18F3N3O2/c1-12(2,20-3)6-7-21-11-8(10(17)18)4-5-9(19-11)13(14,15)16/h4-5H,6-7H2,1-3H3,(H3,17,18). The number of pyridine rings is 1. The molecular weight excluding hydrogens is 287 g/mol. The molecular formula is C13H18F3N3O2. The molecule has 118 valence electrons. The third-order valence-electron chi connectivity index (χ3n) is 2.94. The summed E-state index contributed by atoms with van der Waals surface area (Å²) >= 11 is 0. The van der Waals surface area contributed by atoms with Gasteiger partial charge in [-0.15, -0.1) is 0 Å². The molecule has 1 aromatic heterocycles. The third kappa shape index (κ3) is 4.89. The van der Waals surface area contributed by atoms with Crippen molar-refractivity contribution in [3.05, 3.63) is 23.4 Å². The number of halogens is 3. The van der Waals surface area contributed by atoms with Gasteiger partial charge in [-0.2, -0.15) is 13.2 Å². The van der Waals surface area contributed by atoms with Crippen molar-refractivity contribution in [1.82, 2.24) is 4.98 Å². The van der Waals surface area contributed by atoms with Crippen LogP contribution in [-0.4, -0.2) is 30.1 Å². The van der Waals surface area contributed by atoms with E-state index in [1.807, 2.05) is 13.8 Å². The van der Waals surface area contributed by atoms with Crippen LogP contribution in [0.3, 0.4) is 0 Å². The quantitative estimate of drug-likeness (QED) is 0.625. The van der Waals surface area contributed by atoms with Crippen LogP contribution in [0.2, 0.25) is 0 Å². The minimum atomic E-state index is -4.58. The summed E-state index contributed by atoms with van der Waals surface area (Å²) in [6.07, 6.45) is -4.14. The van der Waals surface area contributed by atoms with E-state index in [2.05, 4.69) is 4.98 Å². The van der Waals surface area contributed by atoms with Gasteiger partial charge in [0.1, 0.15) is 11.5 Å². The topological polar surface area (TPSA) is 81.2 Å². The Morgan fingerprint density at radius 1 is 1.33 bits per heavy atom. The number of nitrogen functional groups attached to an aromatic ring is 1. The van der Waals surface area contributed by atoms with Crippen molar-refractivity contribution < 1.29 is 22.6 Å². The number of hydrogen-bond acceptors (Lipinski definition) is 4. The highest BCUT2D eigenvalue weighted by Gasteiger charge is 2.33. The molecule has 0 radical (unpaired) electrons. The highest BCUT2D eigenvalue weighted by atomic mass is 19.4. The molecule has 0 fully saturated rings. The number of rotatable bonds is 6. The first kappa shape index (κ1) is 17.2. The number of aromatic nitrogens is 1. The van der Waals surface area contributed by atoms with Gasteiger partial charge in [0.25, 0.3) is 0 Å². The summed E-state index contributed by atoms with van der Waals surface area (Å²) in [7, 11) is 1.53. The first-order valence-corrected chi connectivity index (χ1v) is 6.17. The van der Waals surface area contributed by atoms with Gasteiger partial charge in [0.05, 0.1) is 17.8 Å². The van der Waals surface area contributed by atoms with Crippen LogP contribution >= 0.6 is 0 Å². The van der Waals surface area contributed by atoms with Crippen molar-refractivity contribution in [2.24, 2.45) is 5.73 Å². The molecule has 5 nitrogen and oxygen atoms in total. The molecule has 1 rings (SSSR count). The van der Waals surface area contributed by atoms with E-state index in [1.165, 1.54) is 7.11 Å². The van der Waals surface area contributed by atoms with E-state index in [9.17, 15) is 13.2 Å². The zero-order valence-electron chi connectivity index (χ0n) is 12.0. The summed E-state index contributed by atoms with van der Waals surface area (Å²) in [5.41, 5.74) is 3.78. The first-order valence-electron chi connectivity index (χ1n) is 6.17. The average molecular weight is 305 g/mol. The molecule has 0 aromatic carbocycles. The van der Waals surface area contributed by atoms with E-state index in [1.54, 1.807) is 0 Å². The number of alkyl halides is 3. The van der Waals surface area contributed by atoms with E-state index < -0.39 is 23.3 Å². The molecule has 8 heteroatoms. The number of methoxy groups -OCH3 is 1. The first-order chi connectivity index (χ1) is 9.57. The highest BCUT2D eigenvalue weighted by Crippen LogP contribution is 2.30. The van der Waals surface area contributed by atoms with Crippen LogP contribution in [-0.2, 0) is 10.9 Å². The summed E-state index contributed by atoms with van der Waals surface area (Å²) in [5.74, 6) is -0.707. The van der Waals surface area contributed by atoms with Gasteiger partial charge in [-0.05, 0) is 26.0 Å². The lowest BCUT2D eigenvalue weighted by Gasteiger charge is -2.22. The van der Waals surface area contributed by atoms with Crippen molar-refractivity contribution in [2.75, 3.05) is 13.7 Å². The van der Waals surface area contributed by atoms with Gasteiger partial charge in [-0.25, -0.2) is 4.98 Å². The minimum absolute atomic E-state index is 0.0261. The van der Waals surface area contributed by atoms with Gasteiger partial charge in [0, 0.05) is 13.5 Å². The number of ether oxygens (including phenoxy) is 2. The number of hydrogen-bond donors (Lipinski definition) is 2. The van der Waals surface area contributed by atoms with Crippen LogP contribution in [0.4, 0.5) is 13.2 Å². The molecule has 0 saturated carbocycles. The molecule has 0 bridgehead atoms. The van der Waals surface area contributed by atoms with E-state index in [0.717, 1.165) is 12.1 Å². The Hall–Kier alpha value is -1.83. The Kier molecular flexibility index (Phi) is 5.16. The number of nitrogens with zero attached hydrogens (tertiary/aromatic N) is 1. The van der Waals surface area contributed by atoms with Gasteiger partial charge >= 0.3 is 6.18 Å². The Balaban J connectivity index is 2.94. The van der Waals surface area contributed by atoms with Gasteiger partial charge < -0.3 is 15.2 Å². The molecule has 0 aliphatic heterocycles. The fraction of sp³-hybridized carbons (Fsp3) is 0.538. The summed E-state index contributed by atoms with van der Waals surface area (Å²) in [6, 6.07) is 1.84. The fourth-order valence-electron chi connectivity index (χ4n) is 1.41. The van der Waals surface area contributed by atoms with Crippen molar-refractivity contribution in [3.8, 4) is 5.88 Å². The maximum atomic E-state index is 12.6. The minimum Gasteiger partial charge on any atom is -0.477 e. The summed E-state index contributed by atoms with van der Waals surface area (Å²) in [4.78, 5) is 3.40. The molecule has 0 saturated heterocycles. The fourth-order valence-corrected chi connectivity index (χ4v) is 1.41. The largest absolute Gasteiger partial charge is 0.477 e. The lowest BCUT2D eigenvalue weighted by Crippen LogP contribution is -2.26. The lowest BCUT2D eigenvalue weighted by atomic mass is 10.1. The molecule has 21 heavy (non-hydrogen) atoms. The van der Waals surface area contributed by atoms with E-state index >= 15 is 0 Å². The molecule has 0 atom stereocenters. The normalized spacial score (nSPS) is 12.3. The van der Waals surface area contributed by atoms with Gasteiger partial charge in [0.15, 0.2) is 0 Å². The molecule has 0 spiro atoms. The van der Waals surface area contributed by atoms with Crippen LogP contribution in [0.25, 0.3) is 0 Å². The Morgan fingerprint density at radius 2 is 1.95 bits per heavy atom. The summed E-state index contributed by atoms with van der Waals surface area (Å²) in [5, 5.41) is 7.35. The van der Waals surface area contributed by atoms with Crippen LogP contribution in [0.15, 0.2) is 12.1 Å². The second kappa shape index (κ2) is 6.30. The van der Waals surface area contributed by atoms with Crippen molar-refractivity contribution >= 4 is 5.84 Å². The van der Waals surface area contributed by atoms with Crippen LogP contribution in [0.1, 0.15) is 31.5 Å². The number of amidine groups is 1. The van der Waals surface area contributed by atoms with Crippen molar-refractivity contribution in [1.29, 1.82) is 5.41 Å². The van der Waals surface area contributed by atoms with E-state index in [0.29, 0.717) is 6.42 Å². The SMILES string of the molecule is COC(C)(C)CCOc1nc(C(F)(F)F)ccc1C(=N)N.